The van der Waals surface area contributed by atoms with Gasteiger partial charge in [0.1, 0.15) is 0 Å². The molecule has 6 nitrogen and oxygen atoms in total. The number of hydrogen-bond donors (Lipinski definition) is 1. The summed E-state index contributed by atoms with van der Waals surface area (Å²) < 4.78 is 57.2. The highest BCUT2D eigenvalue weighted by atomic mass is 32.2. The number of carbonyl (C=O) groups is 1. The number of hydrogen-bond acceptors (Lipinski definition) is 4. The average molecular weight is 382 g/mol. The fraction of sp³-hybridized carbons (Fsp3) is 0.938. The van der Waals surface area contributed by atoms with Crippen molar-refractivity contribution in [2.45, 2.75) is 70.1 Å². The average Bonchev–Trinajstić information content (AvgIpc) is 2.52. The lowest BCUT2D eigenvalue weighted by molar-refractivity contribution is -0.136. The summed E-state index contributed by atoms with van der Waals surface area (Å²) in [4.78, 5) is 13.5. The van der Waals surface area contributed by atoms with Crippen LogP contribution in [0.25, 0.3) is 0 Å². The molecule has 1 aliphatic heterocycles. The summed E-state index contributed by atoms with van der Waals surface area (Å²) in [5.41, 5.74) is 0. The molecule has 1 saturated carbocycles. The highest BCUT2D eigenvalue weighted by molar-refractivity contribution is 7.88. The normalized spacial score (nSPS) is 31.3. The maximum absolute atomic E-state index is 12.7. The zero-order chi connectivity index (χ0) is 18.6. The molecule has 0 aromatic heterocycles. The lowest BCUT2D eigenvalue weighted by atomic mass is 9.87. The Morgan fingerprint density at radius 3 is 2.40 bits per heavy atom. The molecule has 1 amide bonds. The van der Waals surface area contributed by atoms with Gasteiger partial charge in [0.05, 0.1) is 25.0 Å². The van der Waals surface area contributed by atoms with Crippen LogP contribution in [0.3, 0.4) is 0 Å². The van der Waals surface area contributed by atoms with E-state index >= 15 is 0 Å². The second-order valence-electron chi connectivity index (χ2n) is 7.12. The molecule has 1 N–H and O–H groups in total. The first-order chi connectivity index (χ1) is 11.7. The van der Waals surface area contributed by atoms with E-state index in [1.807, 2.05) is 0 Å². The third kappa shape index (κ3) is 6.14. The molecule has 1 heterocycles. The van der Waals surface area contributed by atoms with Crippen molar-refractivity contribution >= 4 is 15.9 Å². The maximum Gasteiger partial charge on any atom is 0.241 e. The minimum absolute atomic E-state index is 0.107. The Labute approximate surface area is 148 Å². The molecular formula is C16H28F2N2O4S. The number of ether oxygens (including phenoxy) is 1. The highest BCUT2D eigenvalue weighted by Crippen LogP contribution is 2.31. The molecule has 0 aromatic carbocycles. The van der Waals surface area contributed by atoms with Crippen LogP contribution in [0.15, 0.2) is 0 Å². The van der Waals surface area contributed by atoms with Crippen molar-refractivity contribution in [3.05, 3.63) is 0 Å². The summed E-state index contributed by atoms with van der Waals surface area (Å²) >= 11 is 0. The minimum atomic E-state index is -3.39. The van der Waals surface area contributed by atoms with Gasteiger partial charge in [0, 0.05) is 25.4 Å². The van der Waals surface area contributed by atoms with Crippen LogP contribution in [0.5, 0.6) is 0 Å². The van der Waals surface area contributed by atoms with Gasteiger partial charge < -0.3 is 9.64 Å². The van der Waals surface area contributed by atoms with Gasteiger partial charge in [0.25, 0.3) is 0 Å². The Hall–Kier alpha value is -0.800. The predicted molar refractivity (Wildman–Crippen MR) is 89.9 cm³/mol. The van der Waals surface area contributed by atoms with Crippen LogP contribution in [0, 0.1) is 5.92 Å². The number of sulfonamides is 1. The molecule has 0 bridgehead atoms. The van der Waals surface area contributed by atoms with Gasteiger partial charge in [0.2, 0.25) is 22.4 Å². The summed E-state index contributed by atoms with van der Waals surface area (Å²) in [5, 5.41) is 0. The number of likely N-dealkylation sites (tertiary alicyclic amines) is 1. The second-order valence-corrected chi connectivity index (χ2v) is 8.90. The first-order valence-corrected chi connectivity index (χ1v) is 10.7. The Bertz CT molecular complexity index is 550. The largest absolute Gasteiger partial charge is 0.376 e. The Balaban J connectivity index is 1.95. The maximum atomic E-state index is 12.7. The molecule has 0 aromatic rings. The Morgan fingerprint density at radius 1 is 1.24 bits per heavy atom. The molecule has 1 saturated heterocycles. The number of nitrogens with zero attached hydrogens (tertiary/aromatic N) is 1. The van der Waals surface area contributed by atoms with Crippen LogP contribution in [0.1, 0.15) is 45.4 Å². The lowest BCUT2D eigenvalue weighted by Crippen LogP contribution is -2.58. The van der Waals surface area contributed by atoms with Crippen molar-refractivity contribution in [1.82, 2.24) is 9.62 Å². The van der Waals surface area contributed by atoms with Gasteiger partial charge in [-0.1, -0.05) is 0 Å². The van der Waals surface area contributed by atoms with Gasteiger partial charge in [-0.2, -0.15) is 0 Å². The van der Waals surface area contributed by atoms with Crippen LogP contribution >= 0.6 is 0 Å². The van der Waals surface area contributed by atoms with Crippen molar-refractivity contribution < 1.29 is 26.7 Å². The molecule has 9 heteroatoms. The number of piperidine rings is 1. The molecule has 0 spiro atoms. The number of rotatable bonds is 6. The molecule has 146 valence electrons. The quantitative estimate of drug-likeness (QED) is 0.759. The summed E-state index contributed by atoms with van der Waals surface area (Å²) in [5.74, 6) is -0.669. The highest BCUT2D eigenvalue weighted by Gasteiger charge is 2.36. The van der Waals surface area contributed by atoms with Crippen LogP contribution in [0.4, 0.5) is 8.78 Å². The summed E-state index contributed by atoms with van der Waals surface area (Å²) in [7, 11) is -3.39. The summed E-state index contributed by atoms with van der Waals surface area (Å²) in [6.07, 6.45) is 2.11. The molecule has 0 unspecified atom stereocenters. The van der Waals surface area contributed by atoms with Crippen LogP contribution < -0.4 is 4.72 Å². The van der Waals surface area contributed by atoms with E-state index in [9.17, 15) is 22.0 Å². The van der Waals surface area contributed by atoms with Gasteiger partial charge >= 0.3 is 0 Å². The zero-order valence-corrected chi connectivity index (χ0v) is 15.6. The number of carbonyl (C=O) groups excluding carboxylic acids is 1. The predicted octanol–water partition coefficient (Wildman–Crippen LogP) is 1.76. The standard InChI is InChI=1S/C16H28F2N2O4S/c1-11(21)20-9-3-4-14(19-25(2,22)23)15(20)10-24-13-7-5-12(6-8-13)16(17)18/h12-16,19H,3-10H2,1-2H3/t12?,13?,14-,15-/m0/s1. The summed E-state index contributed by atoms with van der Waals surface area (Å²) in [6, 6.07) is -0.751. The fourth-order valence-electron chi connectivity index (χ4n) is 3.81. The third-order valence-corrected chi connectivity index (χ3v) is 5.86. The van der Waals surface area contributed by atoms with Gasteiger partial charge in [-0.05, 0) is 38.5 Å². The zero-order valence-electron chi connectivity index (χ0n) is 14.8. The molecular weight excluding hydrogens is 354 g/mol. The van der Waals surface area contributed by atoms with E-state index in [4.69, 9.17) is 4.74 Å². The third-order valence-electron chi connectivity index (χ3n) is 5.13. The van der Waals surface area contributed by atoms with Crippen LogP contribution in [0.2, 0.25) is 0 Å². The first kappa shape index (κ1) is 20.5. The Kier molecular flexibility index (Phi) is 7.16. The van der Waals surface area contributed by atoms with E-state index in [0.29, 0.717) is 38.6 Å². The van der Waals surface area contributed by atoms with E-state index in [1.165, 1.54) is 6.92 Å². The number of nitrogens with one attached hydrogen (secondary N) is 1. The lowest BCUT2D eigenvalue weighted by Gasteiger charge is -2.41. The van der Waals surface area contributed by atoms with E-state index in [0.717, 1.165) is 12.7 Å². The van der Waals surface area contributed by atoms with Gasteiger partial charge in [-0.15, -0.1) is 0 Å². The van der Waals surface area contributed by atoms with Crippen LogP contribution in [-0.4, -0.2) is 63.2 Å². The van der Waals surface area contributed by atoms with Crippen molar-refractivity contribution in [2.24, 2.45) is 5.92 Å². The summed E-state index contributed by atoms with van der Waals surface area (Å²) in [6.45, 7) is 2.25. The van der Waals surface area contributed by atoms with Crippen molar-refractivity contribution in [1.29, 1.82) is 0 Å². The van der Waals surface area contributed by atoms with Crippen LogP contribution in [-0.2, 0) is 19.6 Å². The monoisotopic (exact) mass is 382 g/mol. The van der Waals surface area contributed by atoms with E-state index in [-0.39, 0.29) is 30.7 Å². The van der Waals surface area contributed by atoms with E-state index in [2.05, 4.69) is 4.72 Å². The van der Waals surface area contributed by atoms with Crippen molar-refractivity contribution in [3.63, 3.8) is 0 Å². The second kappa shape index (κ2) is 8.73. The molecule has 2 fully saturated rings. The van der Waals surface area contributed by atoms with E-state index in [1.54, 1.807) is 4.90 Å². The van der Waals surface area contributed by atoms with Crippen molar-refractivity contribution in [3.8, 4) is 0 Å². The van der Waals surface area contributed by atoms with Crippen molar-refractivity contribution in [2.75, 3.05) is 19.4 Å². The number of amides is 1. The van der Waals surface area contributed by atoms with Gasteiger partial charge in [-0.3, -0.25) is 4.79 Å². The Morgan fingerprint density at radius 2 is 1.88 bits per heavy atom. The minimum Gasteiger partial charge on any atom is -0.376 e. The molecule has 1 aliphatic carbocycles. The first-order valence-electron chi connectivity index (χ1n) is 8.81. The smallest absolute Gasteiger partial charge is 0.241 e. The van der Waals surface area contributed by atoms with Gasteiger partial charge in [-0.25, -0.2) is 21.9 Å². The molecule has 2 atom stereocenters. The molecule has 0 radical (unpaired) electrons. The number of halogens is 2. The fourth-order valence-corrected chi connectivity index (χ4v) is 4.63. The number of alkyl halides is 2. The molecule has 25 heavy (non-hydrogen) atoms. The van der Waals surface area contributed by atoms with Gasteiger partial charge in [0.15, 0.2) is 0 Å². The SMILES string of the molecule is CC(=O)N1CCC[C@H](NS(C)(=O)=O)[C@@H]1COC1CCC(C(F)F)CC1. The molecule has 2 aliphatic rings. The topological polar surface area (TPSA) is 75.7 Å². The molecule has 2 rings (SSSR count). The van der Waals surface area contributed by atoms with E-state index < -0.39 is 22.4 Å².